The van der Waals surface area contributed by atoms with Gasteiger partial charge in [-0.15, -0.1) is 0 Å². The van der Waals surface area contributed by atoms with E-state index in [4.69, 9.17) is 15.2 Å². The SMILES string of the molecule is CC(C)CCN(C1CC1)C(CN)c1ccc2c(c1)OCO2. The molecule has 1 atom stereocenters. The molecule has 0 saturated heterocycles. The third-order valence-corrected chi connectivity index (χ3v) is 4.39. The molecular weight excluding hydrogens is 264 g/mol. The Balaban J connectivity index is 1.78. The first-order valence-electron chi connectivity index (χ1n) is 8.04. The van der Waals surface area contributed by atoms with Crippen LogP contribution in [0.2, 0.25) is 0 Å². The average molecular weight is 290 g/mol. The van der Waals surface area contributed by atoms with Crippen molar-refractivity contribution in [2.45, 2.75) is 45.2 Å². The summed E-state index contributed by atoms with van der Waals surface area (Å²) in [6, 6.07) is 7.24. The summed E-state index contributed by atoms with van der Waals surface area (Å²) >= 11 is 0. The van der Waals surface area contributed by atoms with Crippen LogP contribution in [-0.4, -0.2) is 30.8 Å². The monoisotopic (exact) mass is 290 g/mol. The number of fused-ring (bicyclic) bond motifs is 1. The number of hydrogen-bond donors (Lipinski definition) is 1. The van der Waals surface area contributed by atoms with E-state index in [1.54, 1.807) is 0 Å². The number of nitrogens with zero attached hydrogens (tertiary/aromatic N) is 1. The topological polar surface area (TPSA) is 47.7 Å². The molecule has 0 bridgehead atoms. The molecule has 1 aliphatic heterocycles. The van der Waals surface area contributed by atoms with Gasteiger partial charge in [-0.25, -0.2) is 0 Å². The molecule has 1 aromatic rings. The summed E-state index contributed by atoms with van der Waals surface area (Å²) in [6.45, 7) is 6.66. The quantitative estimate of drug-likeness (QED) is 0.839. The van der Waals surface area contributed by atoms with E-state index in [-0.39, 0.29) is 6.04 Å². The van der Waals surface area contributed by atoms with Crippen molar-refractivity contribution in [3.8, 4) is 11.5 Å². The second kappa shape index (κ2) is 6.24. The highest BCUT2D eigenvalue weighted by Crippen LogP contribution is 2.38. The third kappa shape index (κ3) is 3.33. The highest BCUT2D eigenvalue weighted by Gasteiger charge is 2.34. The highest BCUT2D eigenvalue weighted by molar-refractivity contribution is 5.45. The van der Waals surface area contributed by atoms with Crippen LogP contribution in [0.5, 0.6) is 11.5 Å². The molecule has 0 aromatic heterocycles. The zero-order valence-electron chi connectivity index (χ0n) is 13.0. The van der Waals surface area contributed by atoms with Gasteiger partial charge in [-0.3, -0.25) is 4.90 Å². The maximum Gasteiger partial charge on any atom is 0.231 e. The van der Waals surface area contributed by atoms with Crippen molar-refractivity contribution in [1.29, 1.82) is 0 Å². The van der Waals surface area contributed by atoms with Crippen LogP contribution < -0.4 is 15.2 Å². The number of benzene rings is 1. The van der Waals surface area contributed by atoms with Gasteiger partial charge < -0.3 is 15.2 Å². The molecule has 0 radical (unpaired) electrons. The van der Waals surface area contributed by atoms with E-state index in [1.165, 1.54) is 24.8 Å². The maximum atomic E-state index is 6.11. The Bertz CT molecular complexity index is 486. The third-order valence-electron chi connectivity index (χ3n) is 4.39. The van der Waals surface area contributed by atoms with Crippen LogP contribution in [0.3, 0.4) is 0 Å². The molecule has 3 rings (SSSR count). The molecule has 1 heterocycles. The van der Waals surface area contributed by atoms with E-state index in [2.05, 4.69) is 30.9 Å². The largest absolute Gasteiger partial charge is 0.454 e. The molecule has 1 saturated carbocycles. The molecule has 1 fully saturated rings. The van der Waals surface area contributed by atoms with Crippen molar-refractivity contribution >= 4 is 0 Å². The molecule has 0 amide bonds. The van der Waals surface area contributed by atoms with Crippen molar-refractivity contribution in [1.82, 2.24) is 4.90 Å². The Morgan fingerprint density at radius 3 is 2.67 bits per heavy atom. The zero-order valence-corrected chi connectivity index (χ0v) is 13.0. The minimum absolute atomic E-state index is 0.283. The smallest absolute Gasteiger partial charge is 0.231 e. The molecule has 2 N–H and O–H groups in total. The normalized spacial score (nSPS) is 18.5. The first-order chi connectivity index (χ1) is 10.2. The fourth-order valence-electron chi connectivity index (χ4n) is 2.99. The summed E-state index contributed by atoms with van der Waals surface area (Å²) in [6.07, 6.45) is 3.83. The molecule has 1 aliphatic carbocycles. The summed E-state index contributed by atoms with van der Waals surface area (Å²) in [4.78, 5) is 2.59. The predicted octanol–water partition coefficient (Wildman–Crippen LogP) is 2.93. The van der Waals surface area contributed by atoms with Crippen LogP contribution in [0.15, 0.2) is 18.2 Å². The Hall–Kier alpha value is -1.26. The maximum absolute atomic E-state index is 6.11. The van der Waals surface area contributed by atoms with Gasteiger partial charge in [0.15, 0.2) is 11.5 Å². The van der Waals surface area contributed by atoms with Gasteiger partial charge in [-0.2, -0.15) is 0 Å². The molecule has 21 heavy (non-hydrogen) atoms. The van der Waals surface area contributed by atoms with Crippen LogP contribution in [0.1, 0.15) is 44.7 Å². The Morgan fingerprint density at radius 1 is 1.24 bits per heavy atom. The lowest BCUT2D eigenvalue weighted by Gasteiger charge is -2.32. The van der Waals surface area contributed by atoms with Gasteiger partial charge in [0.2, 0.25) is 6.79 Å². The lowest BCUT2D eigenvalue weighted by atomic mass is 10.0. The van der Waals surface area contributed by atoms with Crippen LogP contribution in [0.25, 0.3) is 0 Å². The first-order valence-corrected chi connectivity index (χ1v) is 8.04. The van der Waals surface area contributed by atoms with Crippen LogP contribution in [0, 0.1) is 5.92 Å². The van der Waals surface area contributed by atoms with Crippen molar-refractivity contribution in [2.75, 3.05) is 19.9 Å². The summed E-state index contributed by atoms with van der Waals surface area (Å²) in [5.74, 6) is 2.42. The molecule has 4 nitrogen and oxygen atoms in total. The zero-order chi connectivity index (χ0) is 14.8. The fourth-order valence-corrected chi connectivity index (χ4v) is 2.99. The lowest BCUT2D eigenvalue weighted by molar-refractivity contribution is 0.172. The predicted molar refractivity (Wildman–Crippen MR) is 83.5 cm³/mol. The van der Waals surface area contributed by atoms with Crippen LogP contribution in [0.4, 0.5) is 0 Å². The summed E-state index contributed by atoms with van der Waals surface area (Å²) in [5.41, 5.74) is 7.36. The summed E-state index contributed by atoms with van der Waals surface area (Å²) in [5, 5.41) is 0. The molecule has 2 aliphatic rings. The van der Waals surface area contributed by atoms with E-state index < -0.39 is 0 Å². The van der Waals surface area contributed by atoms with Gasteiger partial charge in [0, 0.05) is 18.6 Å². The van der Waals surface area contributed by atoms with Gasteiger partial charge in [0.25, 0.3) is 0 Å². The van der Waals surface area contributed by atoms with Crippen molar-refractivity contribution in [2.24, 2.45) is 11.7 Å². The summed E-state index contributed by atoms with van der Waals surface area (Å²) < 4.78 is 10.9. The van der Waals surface area contributed by atoms with Gasteiger partial charge in [0.05, 0.1) is 0 Å². The lowest BCUT2D eigenvalue weighted by Crippen LogP contribution is -2.36. The Morgan fingerprint density at radius 2 is 2.00 bits per heavy atom. The first kappa shape index (κ1) is 14.7. The second-order valence-corrected chi connectivity index (χ2v) is 6.52. The van der Waals surface area contributed by atoms with E-state index in [1.807, 2.05) is 6.07 Å². The van der Waals surface area contributed by atoms with Crippen LogP contribution in [-0.2, 0) is 0 Å². The standard InChI is InChI=1S/C17H26N2O2/c1-12(2)7-8-19(14-4-5-14)15(10-18)13-3-6-16-17(9-13)21-11-20-16/h3,6,9,12,14-15H,4-5,7-8,10-11,18H2,1-2H3. The van der Waals surface area contributed by atoms with E-state index in [0.29, 0.717) is 19.4 Å². The van der Waals surface area contributed by atoms with Gasteiger partial charge in [0.1, 0.15) is 0 Å². The molecule has 4 heteroatoms. The minimum Gasteiger partial charge on any atom is -0.454 e. The van der Waals surface area contributed by atoms with Crippen molar-refractivity contribution < 1.29 is 9.47 Å². The Labute approximate surface area is 127 Å². The fraction of sp³-hybridized carbons (Fsp3) is 0.647. The van der Waals surface area contributed by atoms with Gasteiger partial charge >= 0.3 is 0 Å². The number of nitrogens with two attached hydrogens (primary N) is 1. The van der Waals surface area contributed by atoms with E-state index >= 15 is 0 Å². The number of ether oxygens (including phenoxy) is 2. The molecular formula is C17H26N2O2. The van der Waals surface area contributed by atoms with Crippen molar-refractivity contribution in [3.05, 3.63) is 23.8 Å². The van der Waals surface area contributed by atoms with Gasteiger partial charge in [-0.05, 0) is 49.4 Å². The second-order valence-electron chi connectivity index (χ2n) is 6.52. The Kier molecular flexibility index (Phi) is 4.36. The molecule has 0 spiro atoms. The number of hydrogen-bond acceptors (Lipinski definition) is 4. The van der Waals surface area contributed by atoms with Crippen LogP contribution >= 0.6 is 0 Å². The van der Waals surface area contributed by atoms with E-state index in [9.17, 15) is 0 Å². The minimum atomic E-state index is 0.283. The van der Waals surface area contributed by atoms with Gasteiger partial charge in [-0.1, -0.05) is 19.9 Å². The highest BCUT2D eigenvalue weighted by atomic mass is 16.7. The van der Waals surface area contributed by atoms with Crippen molar-refractivity contribution in [3.63, 3.8) is 0 Å². The molecule has 1 aromatic carbocycles. The average Bonchev–Trinajstić information content (AvgIpc) is 3.20. The molecule has 116 valence electrons. The summed E-state index contributed by atoms with van der Waals surface area (Å²) in [7, 11) is 0. The molecule has 1 unspecified atom stereocenters. The number of rotatable bonds is 7. The van der Waals surface area contributed by atoms with E-state index in [0.717, 1.165) is 24.0 Å².